The summed E-state index contributed by atoms with van der Waals surface area (Å²) in [4.78, 5) is 44.4. The number of hydrogen-bond acceptors (Lipinski definition) is 6. The van der Waals surface area contributed by atoms with E-state index in [0.717, 1.165) is 0 Å². The number of rotatable bonds is 4. The molecule has 0 saturated heterocycles. The van der Waals surface area contributed by atoms with E-state index < -0.39 is 20.7 Å². The van der Waals surface area contributed by atoms with Crippen LogP contribution in [0.25, 0.3) is 22.3 Å². The zero-order valence-electron chi connectivity index (χ0n) is 12.0. The van der Waals surface area contributed by atoms with Gasteiger partial charge in [0, 0.05) is 35.4 Å². The first-order chi connectivity index (χ1) is 11.4. The maximum atomic E-state index is 11.9. The fourth-order valence-electron chi connectivity index (χ4n) is 2.49. The Labute approximate surface area is 133 Å². The summed E-state index contributed by atoms with van der Waals surface area (Å²) in [6, 6.07) is 10.7. The Bertz CT molecular complexity index is 977. The molecule has 0 aliphatic carbocycles. The minimum Gasteiger partial charge on any atom is -0.285 e. The lowest BCUT2D eigenvalue weighted by Gasteiger charge is -2.11. The lowest BCUT2D eigenvalue weighted by atomic mass is 9.89. The van der Waals surface area contributed by atoms with Crippen molar-refractivity contribution in [1.82, 2.24) is 0 Å². The average molecular weight is 324 g/mol. The summed E-state index contributed by atoms with van der Waals surface area (Å²) < 4.78 is 0. The Hall–Kier alpha value is -3.68. The van der Waals surface area contributed by atoms with Gasteiger partial charge in [0.1, 0.15) is 0 Å². The second kappa shape index (κ2) is 5.51. The van der Waals surface area contributed by atoms with Crippen LogP contribution in [0.2, 0.25) is 0 Å². The molecule has 3 aromatic carbocycles. The topological polar surface area (TPSA) is 120 Å². The molecule has 0 heterocycles. The molecule has 3 aromatic rings. The van der Waals surface area contributed by atoms with E-state index in [9.17, 15) is 29.8 Å². The zero-order valence-corrected chi connectivity index (χ0v) is 12.0. The largest absolute Gasteiger partial charge is 0.285 e. The van der Waals surface area contributed by atoms with E-state index in [0.29, 0.717) is 0 Å². The number of nitro groups is 2. The van der Waals surface area contributed by atoms with Crippen molar-refractivity contribution in [2.75, 3.05) is 0 Å². The summed E-state index contributed by atoms with van der Waals surface area (Å²) in [5.74, 6) is 0. The summed E-state index contributed by atoms with van der Waals surface area (Å²) in [5.41, 5.74) is -1.44. The van der Waals surface area contributed by atoms with Crippen LogP contribution in [0.3, 0.4) is 0 Å². The number of benzene rings is 2. The van der Waals surface area contributed by atoms with E-state index in [1.54, 1.807) is 0 Å². The Kier molecular flexibility index (Phi) is 3.49. The average Bonchev–Trinajstić information content (AvgIpc) is 2.58. The molecule has 3 rings (SSSR count). The number of hydrogen-bond donors (Lipinski definition) is 0. The molecule has 0 bridgehead atoms. The molecule has 0 radical (unpaired) electrons. The molecular weight excluding hydrogens is 316 g/mol. The summed E-state index contributed by atoms with van der Waals surface area (Å²) in [6.45, 7) is 0. The first-order valence-electron chi connectivity index (χ1n) is 6.73. The van der Waals surface area contributed by atoms with Gasteiger partial charge in [-0.15, -0.1) is 0 Å². The second-order valence-electron chi connectivity index (χ2n) is 5.02. The Morgan fingerprint density at radius 2 is 1.04 bits per heavy atom. The van der Waals surface area contributed by atoms with Gasteiger partial charge in [-0.3, -0.25) is 29.8 Å². The van der Waals surface area contributed by atoms with Crippen LogP contribution in [0.4, 0.5) is 11.4 Å². The van der Waals surface area contributed by atoms with Crippen LogP contribution in [0.15, 0.2) is 58.1 Å². The third kappa shape index (κ3) is 2.35. The quantitative estimate of drug-likeness (QED) is 0.413. The van der Waals surface area contributed by atoms with Gasteiger partial charge in [0.15, 0.2) is 0 Å². The van der Waals surface area contributed by atoms with Gasteiger partial charge in [-0.05, 0) is 11.1 Å². The summed E-state index contributed by atoms with van der Waals surface area (Å²) in [7, 11) is 0. The van der Waals surface area contributed by atoms with Gasteiger partial charge in [-0.1, -0.05) is 24.3 Å². The lowest BCUT2D eigenvalue weighted by Crippen LogP contribution is -2.35. The molecule has 24 heavy (non-hydrogen) atoms. The molecule has 0 aliphatic rings. The Morgan fingerprint density at radius 3 is 1.38 bits per heavy atom. The van der Waals surface area contributed by atoms with Gasteiger partial charge in [0.25, 0.3) is 11.4 Å². The minimum absolute atomic E-state index is 0.0317. The molecule has 8 heteroatoms. The molecule has 0 aromatic heterocycles. The Balaban J connectivity index is 2.19. The fraction of sp³-hybridized carbons (Fsp3) is 0. The monoisotopic (exact) mass is 324 g/mol. The molecule has 0 amide bonds. The predicted octanol–water partition coefficient (Wildman–Crippen LogP) is 2.43. The van der Waals surface area contributed by atoms with Gasteiger partial charge in [-0.2, -0.15) is 0 Å². The van der Waals surface area contributed by atoms with Crippen molar-refractivity contribution in [1.29, 1.82) is 0 Å². The molecule has 0 spiro atoms. The molecular formula is C16H8N2O6. The van der Waals surface area contributed by atoms with Crippen LogP contribution in [0, 0.1) is 20.2 Å². The highest BCUT2D eigenvalue weighted by molar-refractivity contribution is 5.88. The van der Waals surface area contributed by atoms with E-state index >= 15 is 0 Å². The molecule has 0 aliphatic heterocycles. The van der Waals surface area contributed by atoms with Crippen LogP contribution < -0.4 is 10.9 Å². The zero-order chi connectivity index (χ0) is 17.4. The van der Waals surface area contributed by atoms with Gasteiger partial charge in [-0.25, -0.2) is 0 Å². The maximum absolute atomic E-state index is 11.9. The van der Waals surface area contributed by atoms with E-state index in [1.165, 1.54) is 48.5 Å². The summed E-state index contributed by atoms with van der Waals surface area (Å²) >= 11 is 0. The SMILES string of the molecule is O=c1c(-c2cccc([N+](=O)[O-])c2)c(-c2cccc([N+](=O)[O-])c2)c1=O. The van der Waals surface area contributed by atoms with Crippen molar-refractivity contribution >= 4 is 11.4 Å². The normalized spacial score (nSPS) is 10.7. The van der Waals surface area contributed by atoms with E-state index in [2.05, 4.69) is 0 Å². The molecule has 8 nitrogen and oxygen atoms in total. The highest BCUT2D eigenvalue weighted by Crippen LogP contribution is 2.31. The molecule has 118 valence electrons. The van der Waals surface area contributed by atoms with Crippen molar-refractivity contribution in [3.8, 4) is 22.3 Å². The van der Waals surface area contributed by atoms with Crippen LogP contribution in [0.1, 0.15) is 0 Å². The van der Waals surface area contributed by atoms with Crippen LogP contribution >= 0.6 is 0 Å². The van der Waals surface area contributed by atoms with Crippen molar-refractivity contribution in [3.63, 3.8) is 0 Å². The number of nitro benzene ring substituents is 2. The van der Waals surface area contributed by atoms with E-state index in [1.807, 2.05) is 0 Å². The molecule has 0 atom stereocenters. The van der Waals surface area contributed by atoms with Crippen LogP contribution in [-0.2, 0) is 0 Å². The number of non-ortho nitro benzene ring substituents is 2. The predicted molar refractivity (Wildman–Crippen MR) is 85.5 cm³/mol. The van der Waals surface area contributed by atoms with Gasteiger partial charge >= 0.3 is 0 Å². The van der Waals surface area contributed by atoms with Gasteiger partial charge < -0.3 is 0 Å². The molecule has 0 fully saturated rings. The standard InChI is InChI=1S/C16H8N2O6/c19-15-13(9-3-1-5-11(7-9)17(21)22)14(16(15)20)10-4-2-6-12(8-10)18(23)24/h1-8H. The third-order valence-electron chi connectivity index (χ3n) is 3.60. The van der Waals surface area contributed by atoms with Gasteiger partial charge in [0.2, 0.25) is 10.9 Å². The fourth-order valence-corrected chi connectivity index (χ4v) is 2.49. The molecule has 0 N–H and O–H groups in total. The highest BCUT2D eigenvalue weighted by Gasteiger charge is 2.25. The summed E-state index contributed by atoms with van der Waals surface area (Å²) in [6.07, 6.45) is 0. The Morgan fingerprint density at radius 1 is 0.667 bits per heavy atom. The summed E-state index contributed by atoms with van der Waals surface area (Å²) in [5, 5.41) is 21.7. The second-order valence-corrected chi connectivity index (χ2v) is 5.02. The molecule has 0 unspecified atom stereocenters. The van der Waals surface area contributed by atoms with Crippen molar-refractivity contribution in [2.24, 2.45) is 0 Å². The van der Waals surface area contributed by atoms with Gasteiger partial charge in [0.05, 0.1) is 9.85 Å². The maximum Gasteiger partial charge on any atom is 0.270 e. The van der Waals surface area contributed by atoms with E-state index in [4.69, 9.17) is 0 Å². The van der Waals surface area contributed by atoms with Crippen molar-refractivity contribution in [3.05, 3.63) is 89.2 Å². The first-order valence-corrected chi connectivity index (χ1v) is 6.73. The van der Waals surface area contributed by atoms with Crippen molar-refractivity contribution in [2.45, 2.75) is 0 Å². The van der Waals surface area contributed by atoms with Crippen LogP contribution in [-0.4, -0.2) is 9.85 Å². The van der Waals surface area contributed by atoms with Crippen molar-refractivity contribution < 1.29 is 9.85 Å². The smallest absolute Gasteiger partial charge is 0.270 e. The van der Waals surface area contributed by atoms with E-state index in [-0.39, 0.29) is 33.6 Å². The lowest BCUT2D eigenvalue weighted by molar-refractivity contribution is -0.385. The first kappa shape index (κ1) is 15.2. The highest BCUT2D eigenvalue weighted by atomic mass is 16.6. The third-order valence-corrected chi connectivity index (χ3v) is 3.60. The van der Waals surface area contributed by atoms with Crippen LogP contribution in [0.5, 0.6) is 0 Å². The minimum atomic E-state index is -0.767. The number of nitrogens with zero attached hydrogens (tertiary/aromatic N) is 2. The molecule has 0 saturated carbocycles.